The zero-order valence-corrected chi connectivity index (χ0v) is 11.1. The molecule has 0 aromatic rings. The van der Waals surface area contributed by atoms with Gasteiger partial charge in [0, 0.05) is 19.6 Å². The summed E-state index contributed by atoms with van der Waals surface area (Å²) in [4.78, 5) is 2.52. The van der Waals surface area contributed by atoms with Crippen LogP contribution in [0.3, 0.4) is 0 Å². The summed E-state index contributed by atoms with van der Waals surface area (Å²) in [5.41, 5.74) is 0.432. The van der Waals surface area contributed by atoms with Crippen molar-refractivity contribution in [2.45, 2.75) is 33.6 Å². The topological polar surface area (TPSA) is 15.3 Å². The number of nitrogens with zero attached hydrogens (tertiary/aromatic N) is 1. The van der Waals surface area contributed by atoms with Gasteiger partial charge in [-0.25, -0.2) is 0 Å². The van der Waals surface area contributed by atoms with E-state index in [2.05, 4.69) is 45.1 Å². The normalized spacial score (nSPS) is 29.2. The molecule has 0 saturated heterocycles. The van der Waals surface area contributed by atoms with Gasteiger partial charge in [0.05, 0.1) is 0 Å². The van der Waals surface area contributed by atoms with Gasteiger partial charge in [-0.1, -0.05) is 20.8 Å². The molecule has 0 aromatic carbocycles. The van der Waals surface area contributed by atoms with E-state index in [1.165, 1.54) is 25.9 Å². The molecule has 1 aliphatic rings. The molecule has 0 bridgehead atoms. The Morgan fingerprint density at radius 1 is 1.47 bits per heavy atom. The van der Waals surface area contributed by atoms with E-state index in [4.69, 9.17) is 0 Å². The number of hydrogen-bond acceptors (Lipinski definition) is 2. The second-order valence-corrected chi connectivity index (χ2v) is 5.86. The lowest BCUT2D eigenvalue weighted by Crippen LogP contribution is -2.40. The molecule has 1 rings (SSSR count). The summed E-state index contributed by atoms with van der Waals surface area (Å²) in [6.07, 6.45) is 2.69. The highest BCUT2D eigenvalue weighted by Crippen LogP contribution is 2.38. The van der Waals surface area contributed by atoms with Crippen LogP contribution < -0.4 is 5.32 Å². The van der Waals surface area contributed by atoms with Gasteiger partial charge >= 0.3 is 0 Å². The summed E-state index contributed by atoms with van der Waals surface area (Å²) >= 11 is 0. The first-order valence-electron chi connectivity index (χ1n) is 6.34. The molecule has 90 valence electrons. The summed E-state index contributed by atoms with van der Waals surface area (Å²) in [6, 6.07) is 0. The average molecular weight is 212 g/mol. The standard InChI is InChI=1S/C13H28N2/c1-6-13(3,9-14-4)10-15(5)8-12-7-11(12)2/h11-12,14H,6-10H2,1-5H3. The fraction of sp³-hybridized carbons (Fsp3) is 1.00. The predicted octanol–water partition coefficient (Wildman–Crippen LogP) is 2.21. The molecular formula is C13H28N2. The summed E-state index contributed by atoms with van der Waals surface area (Å²) in [5, 5.41) is 3.32. The van der Waals surface area contributed by atoms with Crippen molar-refractivity contribution in [3.05, 3.63) is 0 Å². The lowest BCUT2D eigenvalue weighted by molar-refractivity contribution is 0.177. The van der Waals surface area contributed by atoms with Crippen LogP contribution in [0.1, 0.15) is 33.6 Å². The Bertz CT molecular complexity index is 193. The van der Waals surface area contributed by atoms with Crippen LogP contribution in [0, 0.1) is 17.3 Å². The van der Waals surface area contributed by atoms with Crippen LogP contribution in [-0.4, -0.2) is 38.6 Å². The summed E-state index contributed by atoms with van der Waals surface area (Å²) < 4.78 is 0. The van der Waals surface area contributed by atoms with Crippen molar-refractivity contribution in [2.24, 2.45) is 17.3 Å². The Kier molecular flexibility index (Phi) is 4.60. The lowest BCUT2D eigenvalue weighted by atomic mass is 9.87. The Morgan fingerprint density at radius 3 is 2.47 bits per heavy atom. The third kappa shape index (κ3) is 4.12. The molecule has 1 aliphatic carbocycles. The second kappa shape index (κ2) is 5.31. The van der Waals surface area contributed by atoms with Crippen molar-refractivity contribution in [1.82, 2.24) is 10.2 Å². The number of rotatable bonds is 7. The van der Waals surface area contributed by atoms with E-state index in [-0.39, 0.29) is 0 Å². The molecule has 3 atom stereocenters. The molecule has 0 heterocycles. The summed E-state index contributed by atoms with van der Waals surface area (Å²) in [6.45, 7) is 10.7. The van der Waals surface area contributed by atoms with Gasteiger partial charge in [-0.15, -0.1) is 0 Å². The maximum Gasteiger partial charge on any atom is 0.00444 e. The van der Waals surface area contributed by atoms with E-state index in [9.17, 15) is 0 Å². The van der Waals surface area contributed by atoms with Gasteiger partial charge in [-0.2, -0.15) is 0 Å². The van der Waals surface area contributed by atoms with Gasteiger partial charge in [0.1, 0.15) is 0 Å². The van der Waals surface area contributed by atoms with Gasteiger partial charge in [0.15, 0.2) is 0 Å². The van der Waals surface area contributed by atoms with Crippen molar-refractivity contribution in [3.8, 4) is 0 Å². The minimum absolute atomic E-state index is 0.432. The Morgan fingerprint density at radius 2 is 2.07 bits per heavy atom. The molecule has 2 nitrogen and oxygen atoms in total. The maximum atomic E-state index is 3.32. The predicted molar refractivity (Wildman–Crippen MR) is 67.1 cm³/mol. The van der Waals surface area contributed by atoms with E-state index in [1.54, 1.807) is 0 Å². The molecule has 0 spiro atoms. The molecule has 1 fully saturated rings. The van der Waals surface area contributed by atoms with Gasteiger partial charge < -0.3 is 10.2 Å². The first-order valence-corrected chi connectivity index (χ1v) is 6.34. The van der Waals surface area contributed by atoms with Gasteiger partial charge in [0.25, 0.3) is 0 Å². The quantitative estimate of drug-likeness (QED) is 0.696. The Balaban J connectivity index is 2.30. The summed E-state index contributed by atoms with van der Waals surface area (Å²) in [5.74, 6) is 1.95. The molecule has 1 N–H and O–H groups in total. The molecule has 0 aliphatic heterocycles. The smallest absolute Gasteiger partial charge is 0.00444 e. The van der Waals surface area contributed by atoms with Crippen LogP contribution in [-0.2, 0) is 0 Å². The van der Waals surface area contributed by atoms with Crippen LogP contribution in [0.15, 0.2) is 0 Å². The molecule has 3 unspecified atom stereocenters. The molecular weight excluding hydrogens is 184 g/mol. The highest BCUT2D eigenvalue weighted by atomic mass is 15.1. The monoisotopic (exact) mass is 212 g/mol. The van der Waals surface area contributed by atoms with E-state index in [0.717, 1.165) is 18.4 Å². The fourth-order valence-electron chi connectivity index (χ4n) is 2.49. The zero-order chi connectivity index (χ0) is 11.5. The largest absolute Gasteiger partial charge is 0.319 e. The van der Waals surface area contributed by atoms with Crippen LogP contribution in [0.25, 0.3) is 0 Å². The van der Waals surface area contributed by atoms with Gasteiger partial charge in [-0.05, 0) is 44.2 Å². The zero-order valence-electron chi connectivity index (χ0n) is 11.1. The van der Waals surface area contributed by atoms with E-state index >= 15 is 0 Å². The SMILES string of the molecule is CCC(C)(CNC)CN(C)CC1CC1C. The van der Waals surface area contributed by atoms with E-state index < -0.39 is 0 Å². The van der Waals surface area contributed by atoms with Crippen LogP contribution in [0.5, 0.6) is 0 Å². The molecule has 0 radical (unpaired) electrons. The average Bonchev–Trinajstić information content (AvgIpc) is 2.81. The Labute approximate surface area is 95.4 Å². The van der Waals surface area contributed by atoms with Crippen LogP contribution in [0.2, 0.25) is 0 Å². The Hall–Kier alpha value is -0.0800. The van der Waals surface area contributed by atoms with Gasteiger partial charge in [-0.3, -0.25) is 0 Å². The minimum Gasteiger partial charge on any atom is -0.319 e. The van der Waals surface area contributed by atoms with Crippen molar-refractivity contribution in [1.29, 1.82) is 0 Å². The van der Waals surface area contributed by atoms with Crippen LogP contribution in [0.4, 0.5) is 0 Å². The number of nitrogens with one attached hydrogen (secondary N) is 1. The summed E-state index contributed by atoms with van der Waals surface area (Å²) in [7, 11) is 4.32. The molecule has 2 heteroatoms. The highest BCUT2D eigenvalue weighted by molar-refractivity contribution is 4.86. The molecule has 15 heavy (non-hydrogen) atoms. The van der Waals surface area contributed by atoms with Crippen molar-refractivity contribution in [3.63, 3.8) is 0 Å². The lowest BCUT2D eigenvalue weighted by Gasteiger charge is -2.33. The molecule has 0 amide bonds. The first-order chi connectivity index (χ1) is 7.00. The third-order valence-corrected chi connectivity index (χ3v) is 3.93. The van der Waals surface area contributed by atoms with Gasteiger partial charge in [0.2, 0.25) is 0 Å². The second-order valence-electron chi connectivity index (χ2n) is 5.86. The highest BCUT2D eigenvalue weighted by Gasteiger charge is 2.34. The van der Waals surface area contributed by atoms with E-state index in [0.29, 0.717) is 5.41 Å². The molecule has 1 saturated carbocycles. The van der Waals surface area contributed by atoms with Crippen molar-refractivity contribution >= 4 is 0 Å². The van der Waals surface area contributed by atoms with E-state index in [1.807, 2.05) is 0 Å². The maximum absolute atomic E-state index is 3.32. The molecule has 0 aromatic heterocycles. The third-order valence-electron chi connectivity index (χ3n) is 3.93. The fourth-order valence-corrected chi connectivity index (χ4v) is 2.49. The van der Waals surface area contributed by atoms with Crippen molar-refractivity contribution < 1.29 is 0 Å². The first kappa shape index (κ1) is 13.0. The number of hydrogen-bond donors (Lipinski definition) is 1. The van der Waals surface area contributed by atoms with Crippen LogP contribution >= 0.6 is 0 Å². The van der Waals surface area contributed by atoms with Crippen molar-refractivity contribution in [2.75, 3.05) is 33.7 Å². The minimum atomic E-state index is 0.432.